The first-order valence-corrected chi connectivity index (χ1v) is 9.03. The highest BCUT2D eigenvalue weighted by molar-refractivity contribution is 6.42. The Morgan fingerprint density at radius 2 is 1.67 bits per heavy atom. The van der Waals surface area contributed by atoms with Crippen molar-refractivity contribution in [2.45, 2.75) is 45.5 Å². The Morgan fingerprint density at radius 3 is 2.33 bits per heavy atom. The van der Waals surface area contributed by atoms with Crippen LogP contribution in [-0.4, -0.2) is 33.1 Å². The smallest absolute Gasteiger partial charge is 0.488 e. The normalized spacial score (nSPS) is 12.4. The average molecular weight is 367 g/mol. The van der Waals surface area contributed by atoms with Crippen LogP contribution in [0, 0.1) is 0 Å². The first-order chi connectivity index (χ1) is 12.7. The zero-order valence-corrected chi connectivity index (χ0v) is 16.2. The van der Waals surface area contributed by atoms with E-state index < -0.39 is 18.5 Å². The van der Waals surface area contributed by atoms with E-state index in [0.717, 1.165) is 22.2 Å². The van der Waals surface area contributed by atoms with Gasteiger partial charge in [-0.1, -0.05) is 36.4 Å². The van der Waals surface area contributed by atoms with Crippen molar-refractivity contribution in [2.24, 2.45) is 0 Å². The van der Waals surface area contributed by atoms with E-state index in [-0.39, 0.29) is 0 Å². The summed E-state index contributed by atoms with van der Waals surface area (Å²) >= 11 is 0. The van der Waals surface area contributed by atoms with Crippen LogP contribution < -0.4 is 4.74 Å². The third-order valence-electron chi connectivity index (χ3n) is 5.07. The summed E-state index contributed by atoms with van der Waals surface area (Å²) in [6.07, 6.45) is 1.76. The van der Waals surface area contributed by atoms with Crippen LogP contribution in [0.15, 0.2) is 60.8 Å². The molecule has 0 radical (unpaired) electrons. The second-order valence-electron chi connectivity index (χ2n) is 7.70. The zero-order valence-electron chi connectivity index (χ0n) is 16.2. The second kappa shape index (κ2) is 7.39. The molecule has 1 aromatic heterocycles. The van der Waals surface area contributed by atoms with Gasteiger partial charge in [0.15, 0.2) is 0 Å². The van der Waals surface area contributed by atoms with Crippen LogP contribution in [0.5, 0.6) is 5.75 Å². The number of hydrogen-bond acceptors (Lipinski definition) is 4. The van der Waals surface area contributed by atoms with E-state index >= 15 is 0 Å². The van der Waals surface area contributed by atoms with Crippen LogP contribution >= 0.6 is 0 Å². The van der Waals surface area contributed by atoms with Crippen LogP contribution in [0.2, 0.25) is 0 Å². The van der Waals surface area contributed by atoms with Crippen LogP contribution in [0.3, 0.4) is 0 Å². The van der Waals surface area contributed by atoms with Gasteiger partial charge in [0, 0.05) is 10.9 Å². The lowest BCUT2D eigenvalue weighted by Gasteiger charge is -2.38. The van der Waals surface area contributed by atoms with Crippen molar-refractivity contribution in [3.05, 3.63) is 66.4 Å². The molecule has 0 aliphatic carbocycles. The molecule has 0 atom stereocenters. The van der Waals surface area contributed by atoms with Gasteiger partial charge in [-0.05, 0) is 57.7 Å². The molecule has 0 amide bonds. The quantitative estimate of drug-likeness (QED) is 0.627. The highest BCUT2D eigenvalue weighted by Gasteiger charge is 2.40. The monoisotopic (exact) mass is 367 g/mol. The van der Waals surface area contributed by atoms with Gasteiger partial charge in [0.05, 0.1) is 11.2 Å². The number of nitrogens with zero attached hydrogens (tertiary/aromatic N) is 1. The van der Waals surface area contributed by atoms with Crippen LogP contribution in [-0.2, 0) is 11.3 Å². The van der Waals surface area contributed by atoms with Crippen molar-refractivity contribution < 1.29 is 19.5 Å². The van der Waals surface area contributed by atoms with Gasteiger partial charge in [0.25, 0.3) is 0 Å². The summed E-state index contributed by atoms with van der Waals surface area (Å²) in [5.41, 5.74) is -0.172. The minimum Gasteiger partial charge on any atom is -0.488 e. The van der Waals surface area contributed by atoms with Gasteiger partial charge < -0.3 is 24.0 Å². The third kappa shape index (κ3) is 4.19. The van der Waals surface area contributed by atoms with Crippen molar-refractivity contribution in [3.8, 4) is 5.75 Å². The summed E-state index contributed by atoms with van der Waals surface area (Å²) in [5.74, 6) is 0.740. The summed E-state index contributed by atoms with van der Waals surface area (Å²) in [5, 5.41) is 21.7. The van der Waals surface area contributed by atoms with Gasteiger partial charge >= 0.3 is 7.25 Å². The van der Waals surface area contributed by atoms with Crippen LogP contribution in [0.4, 0.5) is 0 Å². The van der Waals surface area contributed by atoms with Crippen molar-refractivity contribution >= 4 is 18.2 Å². The fourth-order valence-electron chi connectivity index (χ4n) is 2.68. The SMILES string of the molecule is CC(C)(O)C(C)(C)OB(O)n1ccc2c(OCc3ccccc3)cccc21. The van der Waals surface area contributed by atoms with E-state index in [1.54, 1.807) is 38.4 Å². The standard InChI is InChI=1S/C21H26BNO4/c1-20(2,24)21(3,4)27-22(25)23-14-13-17-18(23)11-8-12-19(17)26-15-16-9-6-5-7-10-16/h5-14,24-25H,15H2,1-4H3. The molecule has 0 spiro atoms. The fourth-order valence-corrected chi connectivity index (χ4v) is 2.68. The summed E-state index contributed by atoms with van der Waals surface area (Å²) < 4.78 is 13.4. The number of aromatic nitrogens is 1. The zero-order chi connectivity index (χ0) is 19.7. The third-order valence-corrected chi connectivity index (χ3v) is 5.07. The Hall–Kier alpha value is -2.28. The van der Waals surface area contributed by atoms with Gasteiger partial charge in [0.2, 0.25) is 0 Å². The first-order valence-electron chi connectivity index (χ1n) is 9.03. The molecule has 1 heterocycles. The van der Waals surface area contributed by atoms with Gasteiger partial charge in [-0.15, -0.1) is 0 Å². The van der Waals surface area contributed by atoms with E-state index in [4.69, 9.17) is 9.39 Å². The van der Waals surface area contributed by atoms with Gasteiger partial charge in [-0.25, -0.2) is 0 Å². The lowest BCUT2D eigenvalue weighted by atomic mass is 9.87. The predicted octanol–water partition coefficient (Wildman–Crippen LogP) is 3.61. The summed E-state index contributed by atoms with van der Waals surface area (Å²) in [4.78, 5) is 0. The number of hydrogen-bond donors (Lipinski definition) is 2. The maximum atomic E-state index is 10.6. The van der Waals surface area contributed by atoms with Crippen molar-refractivity contribution in [1.29, 1.82) is 0 Å². The predicted molar refractivity (Wildman–Crippen MR) is 108 cm³/mol. The molecule has 0 bridgehead atoms. The molecule has 2 N–H and O–H groups in total. The molecule has 2 aromatic carbocycles. The average Bonchev–Trinajstić information content (AvgIpc) is 3.04. The molecule has 3 aromatic rings. The fraction of sp³-hybridized carbons (Fsp3) is 0.333. The van der Waals surface area contributed by atoms with E-state index in [1.807, 2.05) is 54.6 Å². The molecule has 0 saturated heterocycles. The molecule has 0 aliphatic heterocycles. The maximum Gasteiger partial charge on any atom is 0.595 e. The number of benzene rings is 2. The van der Waals surface area contributed by atoms with E-state index in [9.17, 15) is 10.1 Å². The van der Waals surface area contributed by atoms with Gasteiger partial charge in [-0.2, -0.15) is 0 Å². The summed E-state index contributed by atoms with van der Waals surface area (Å²) in [6.45, 7) is 7.27. The maximum absolute atomic E-state index is 10.6. The molecular formula is C21H26BNO4. The van der Waals surface area contributed by atoms with Crippen LogP contribution in [0.1, 0.15) is 33.3 Å². The number of ether oxygens (including phenoxy) is 1. The van der Waals surface area contributed by atoms with E-state index in [2.05, 4.69) is 0 Å². The van der Waals surface area contributed by atoms with Crippen molar-refractivity contribution in [3.63, 3.8) is 0 Å². The molecule has 27 heavy (non-hydrogen) atoms. The lowest BCUT2D eigenvalue weighted by molar-refractivity contribution is -0.101. The molecule has 0 fully saturated rings. The Labute approximate surface area is 160 Å². The molecule has 6 heteroatoms. The highest BCUT2D eigenvalue weighted by atomic mass is 16.6. The minimum absolute atomic E-state index is 0.468. The molecule has 3 rings (SSSR count). The van der Waals surface area contributed by atoms with Crippen molar-refractivity contribution in [2.75, 3.05) is 0 Å². The number of rotatable bonds is 7. The molecule has 0 saturated carbocycles. The lowest BCUT2D eigenvalue weighted by Crippen LogP contribution is -2.51. The molecule has 0 aliphatic rings. The summed E-state index contributed by atoms with van der Waals surface area (Å²) in [7, 11) is -1.23. The molecule has 0 unspecified atom stereocenters. The highest BCUT2D eigenvalue weighted by Crippen LogP contribution is 2.30. The number of fused-ring (bicyclic) bond motifs is 1. The first kappa shape index (κ1) is 19.5. The number of aliphatic hydroxyl groups is 1. The topological polar surface area (TPSA) is 63.8 Å². The van der Waals surface area contributed by atoms with E-state index in [1.165, 1.54) is 0 Å². The molecule has 5 nitrogen and oxygen atoms in total. The van der Waals surface area contributed by atoms with Gasteiger partial charge in [0.1, 0.15) is 12.4 Å². The molecule has 142 valence electrons. The Bertz CT molecular complexity index is 899. The van der Waals surface area contributed by atoms with Gasteiger partial charge in [-0.3, -0.25) is 0 Å². The largest absolute Gasteiger partial charge is 0.595 e. The van der Waals surface area contributed by atoms with E-state index in [0.29, 0.717) is 6.61 Å². The Balaban J connectivity index is 1.82. The second-order valence-corrected chi connectivity index (χ2v) is 7.70. The van der Waals surface area contributed by atoms with Crippen LogP contribution in [0.25, 0.3) is 10.9 Å². The Morgan fingerprint density at radius 1 is 0.963 bits per heavy atom. The van der Waals surface area contributed by atoms with Crippen molar-refractivity contribution in [1.82, 2.24) is 4.48 Å². The molecular weight excluding hydrogens is 341 g/mol. The summed E-state index contributed by atoms with van der Waals surface area (Å²) in [6, 6.07) is 17.5. The minimum atomic E-state index is -1.23. The Kier molecular flexibility index (Phi) is 5.33.